The van der Waals surface area contributed by atoms with Crippen molar-refractivity contribution in [3.63, 3.8) is 0 Å². The van der Waals surface area contributed by atoms with Crippen LogP contribution in [0.3, 0.4) is 0 Å². The average molecular weight is 354 g/mol. The van der Waals surface area contributed by atoms with E-state index in [2.05, 4.69) is 10.6 Å². The Bertz CT molecular complexity index is 782. The van der Waals surface area contributed by atoms with Crippen LogP contribution in [0, 0.1) is 5.92 Å². The summed E-state index contributed by atoms with van der Waals surface area (Å²) in [7, 11) is 0. The van der Waals surface area contributed by atoms with Crippen LogP contribution in [0.1, 0.15) is 35.3 Å². The Morgan fingerprint density at radius 3 is 2.08 bits per heavy atom. The molecule has 6 nitrogen and oxygen atoms in total. The van der Waals surface area contributed by atoms with E-state index in [-0.39, 0.29) is 11.8 Å². The summed E-state index contributed by atoms with van der Waals surface area (Å²) in [6.45, 7) is 3.54. The van der Waals surface area contributed by atoms with Crippen LogP contribution >= 0.6 is 0 Å². The highest BCUT2D eigenvalue weighted by Crippen LogP contribution is 2.15. The number of carboxylic acid groups (broad SMARTS) is 1. The molecule has 0 aliphatic rings. The van der Waals surface area contributed by atoms with Gasteiger partial charge in [0.1, 0.15) is 0 Å². The minimum absolute atomic E-state index is 0.104. The van der Waals surface area contributed by atoms with Crippen molar-refractivity contribution in [1.29, 1.82) is 0 Å². The molecule has 0 aliphatic heterocycles. The van der Waals surface area contributed by atoms with E-state index in [1.54, 1.807) is 43.3 Å². The van der Waals surface area contributed by atoms with Gasteiger partial charge in [-0.1, -0.05) is 31.2 Å². The molecule has 0 heterocycles. The lowest BCUT2D eigenvalue weighted by atomic mass is 10.0. The molecule has 26 heavy (non-hydrogen) atoms. The number of carboxylic acids is 1. The molecule has 0 saturated heterocycles. The summed E-state index contributed by atoms with van der Waals surface area (Å²) >= 11 is 0. The van der Waals surface area contributed by atoms with Gasteiger partial charge in [0.25, 0.3) is 5.91 Å². The number of amides is 2. The molecule has 1 atom stereocenters. The van der Waals surface area contributed by atoms with Gasteiger partial charge in [-0.05, 0) is 41.8 Å². The van der Waals surface area contributed by atoms with Crippen molar-refractivity contribution in [2.75, 3.05) is 5.32 Å². The van der Waals surface area contributed by atoms with E-state index >= 15 is 0 Å². The molecule has 1 unspecified atom stereocenters. The molecule has 0 saturated carbocycles. The lowest BCUT2D eigenvalue weighted by molar-refractivity contribution is -0.141. The maximum Gasteiger partial charge on any atom is 0.306 e. The van der Waals surface area contributed by atoms with Crippen LogP contribution < -0.4 is 10.6 Å². The van der Waals surface area contributed by atoms with Crippen LogP contribution in [0.25, 0.3) is 0 Å². The van der Waals surface area contributed by atoms with E-state index < -0.39 is 11.9 Å². The standard InChI is InChI=1S/C20H22N2O4/c1-13(20(25)26)11-15-5-9-18(10-6-15)22-19(24)17-7-3-16(4-8-17)12-21-14(2)23/h3-10,13H,11-12H2,1-2H3,(H,21,23)(H,22,24)(H,25,26). The van der Waals surface area contributed by atoms with Crippen molar-refractivity contribution in [2.24, 2.45) is 5.92 Å². The molecule has 136 valence electrons. The number of hydrogen-bond donors (Lipinski definition) is 3. The molecule has 2 aromatic rings. The molecular formula is C20H22N2O4. The summed E-state index contributed by atoms with van der Waals surface area (Å²) in [5.41, 5.74) is 2.97. The molecule has 0 aliphatic carbocycles. The second-order valence-electron chi connectivity index (χ2n) is 6.20. The number of aliphatic carboxylic acids is 1. The van der Waals surface area contributed by atoms with Crippen LogP contribution in [0.5, 0.6) is 0 Å². The van der Waals surface area contributed by atoms with Crippen molar-refractivity contribution >= 4 is 23.5 Å². The van der Waals surface area contributed by atoms with Gasteiger partial charge in [-0.25, -0.2) is 0 Å². The maximum atomic E-state index is 12.3. The van der Waals surface area contributed by atoms with Crippen molar-refractivity contribution in [2.45, 2.75) is 26.8 Å². The predicted octanol–water partition coefficient (Wildman–Crippen LogP) is 2.84. The van der Waals surface area contributed by atoms with E-state index in [9.17, 15) is 14.4 Å². The van der Waals surface area contributed by atoms with Gasteiger partial charge in [0.2, 0.25) is 5.91 Å². The number of carbonyl (C=O) groups is 3. The first-order chi connectivity index (χ1) is 12.3. The number of nitrogens with one attached hydrogen (secondary N) is 2. The lowest BCUT2D eigenvalue weighted by Gasteiger charge is -2.09. The quantitative estimate of drug-likeness (QED) is 0.712. The van der Waals surface area contributed by atoms with Crippen LogP contribution in [-0.2, 0) is 22.6 Å². The topological polar surface area (TPSA) is 95.5 Å². The minimum atomic E-state index is -0.829. The average Bonchev–Trinajstić information content (AvgIpc) is 2.61. The Kier molecular flexibility index (Phi) is 6.49. The fraction of sp³-hybridized carbons (Fsp3) is 0.250. The van der Waals surface area contributed by atoms with E-state index in [1.807, 2.05) is 12.1 Å². The van der Waals surface area contributed by atoms with Crippen molar-refractivity contribution in [3.8, 4) is 0 Å². The molecule has 0 fully saturated rings. The molecule has 0 radical (unpaired) electrons. The number of anilines is 1. The highest BCUT2D eigenvalue weighted by Gasteiger charge is 2.12. The maximum absolute atomic E-state index is 12.3. The first-order valence-corrected chi connectivity index (χ1v) is 8.31. The Morgan fingerprint density at radius 2 is 1.54 bits per heavy atom. The van der Waals surface area contributed by atoms with Crippen molar-refractivity contribution in [1.82, 2.24) is 5.32 Å². The summed E-state index contributed by atoms with van der Waals surface area (Å²) in [5, 5.41) is 14.5. The molecule has 6 heteroatoms. The predicted molar refractivity (Wildman–Crippen MR) is 98.9 cm³/mol. The first-order valence-electron chi connectivity index (χ1n) is 8.31. The van der Waals surface area contributed by atoms with Crippen LogP contribution in [0.2, 0.25) is 0 Å². The van der Waals surface area contributed by atoms with Crippen LogP contribution in [0.4, 0.5) is 5.69 Å². The van der Waals surface area contributed by atoms with Crippen molar-refractivity contribution < 1.29 is 19.5 Å². The van der Waals surface area contributed by atoms with E-state index in [1.165, 1.54) is 6.92 Å². The molecular weight excluding hydrogens is 332 g/mol. The molecule has 0 bridgehead atoms. The minimum Gasteiger partial charge on any atom is -0.481 e. The summed E-state index contributed by atoms with van der Waals surface area (Å²) in [4.78, 5) is 34.1. The Balaban J connectivity index is 1.94. The highest BCUT2D eigenvalue weighted by molar-refractivity contribution is 6.04. The summed E-state index contributed by atoms with van der Waals surface area (Å²) in [5.74, 6) is -1.62. The molecule has 3 N–H and O–H groups in total. The third-order valence-corrected chi connectivity index (χ3v) is 3.93. The Morgan fingerprint density at radius 1 is 0.962 bits per heavy atom. The van der Waals surface area contributed by atoms with Gasteiger partial charge < -0.3 is 15.7 Å². The zero-order chi connectivity index (χ0) is 19.1. The number of carbonyl (C=O) groups excluding carboxylic acids is 2. The smallest absolute Gasteiger partial charge is 0.306 e. The fourth-order valence-electron chi connectivity index (χ4n) is 2.37. The summed E-state index contributed by atoms with van der Waals surface area (Å²) in [6, 6.07) is 14.1. The number of benzene rings is 2. The van der Waals surface area contributed by atoms with Crippen LogP contribution in [0.15, 0.2) is 48.5 Å². The van der Waals surface area contributed by atoms with Crippen molar-refractivity contribution in [3.05, 3.63) is 65.2 Å². The fourth-order valence-corrected chi connectivity index (χ4v) is 2.37. The zero-order valence-electron chi connectivity index (χ0n) is 14.8. The Hall–Kier alpha value is -3.15. The second-order valence-corrected chi connectivity index (χ2v) is 6.20. The molecule has 2 rings (SSSR count). The normalized spacial score (nSPS) is 11.5. The monoisotopic (exact) mass is 354 g/mol. The van der Waals surface area contributed by atoms with Gasteiger partial charge >= 0.3 is 5.97 Å². The lowest BCUT2D eigenvalue weighted by Crippen LogP contribution is -2.19. The SMILES string of the molecule is CC(=O)NCc1ccc(C(=O)Nc2ccc(CC(C)C(=O)O)cc2)cc1. The zero-order valence-corrected chi connectivity index (χ0v) is 14.8. The molecule has 0 spiro atoms. The van der Waals surface area contributed by atoms with Gasteiger partial charge in [0.15, 0.2) is 0 Å². The third-order valence-electron chi connectivity index (χ3n) is 3.93. The number of rotatable bonds is 7. The molecule has 2 aromatic carbocycles. The van der Waals surface area contributed by atoms with Gasteiger partial charge in [0.05, 0.1) is 5.92 Å². The summed E-state index contributed by atoms with van der Waals surface area (Å²) in [6.07, 6.45) is 0.444. The summed E-state index contributed by atoms with van der Waals surface area (Å²) < 4.78 is 0. The third kappa shape index (κ3) is 5.73. The molecule has 2 amide bonds. The largest absolute Gasteiger partial charge is 0.481 e. The first kappa shape index (κ1) is 19.2. The Labute approximate surface area is 152 Å². The van der Waals surface area contributed by atoms with Gasteiger partial charge in [-0.15, -0.1) is 0 Å². The molecule has 0 aromatic heterocycles. The van der Waals surface area contributed by atoms with Gasteiger partial charge in [-0.3, -0.25) is 14.4 Å². The van der Waals surface area contributed by atoms with E-state index in [0.717, 1.165) is 11.1 Å². The number of hydrogen-bond acceptors (Lipinski definition) is 3. The van der Waals surface area contributed by atoms with Gasteiger partial charge in [0, 0.05) is 24.7 Å². The highest BCUT2D eigenvalue weighted by atomic mass is 16.4. The second kappa shape index (κ2) is 8.80. The van der Waals surface area contributed by atoms with E-state index in [4.69, 9.17) is 5.11 Å². The van der Waals surface area contributed by atoms with Crippen LogP contribution in [-0.4, -0.2) is 22.9 Å². The van der Waals surface area contributed by atoms with E-state index in [0.29, 0.717) is 24.2 Å². The van der Waals surface area contributed by atoms with Gasteiger partial charge in [-0.2, -0.15) is 0 Å².